The monoisotopic (exact) mass is 243 g/mol. The fraction of sp³-hybridized carbons (Fsp3) is 0.222. The molecule has 0 saturated heterocycles. The molecule has 0 aliphatic carbocycles. The van der Waals surface area contributed by atoms with Crippen molar-refractivity contribution < 1.29 is 13.2 Å². The highest BCUT2D eigenvalue weighted by Crippen LogP contribution is 2.24. The van der Waals surface area contributed by atoms with Crippen molar-refractivity contribution in [3.63, 3.8) is 0 Å². The van der Waals surface area contributed by atoms with E-state index in [1.54, 1.807) is 30.7 Å². The lowest BCUT2D eigenvalue weighted by molar-refractivity contribution is 0.253. The number of rotatable bonds is 2. The van der Waals surface area contributed by atoms with Gasteiger partial charge in [0.05, 0.1) is 4.90 Å². The number of amides is 2. The Morgan fingerprint density at radius 2 is 1.88 bits per heavy atom. The highest BCUT2D eigenvalue weighted by Gasteiger charge is 2.21. The van der Waals surface area contributed by atoms with Crippen LogP contribution in [0.1, 0.15) is 11.1 Å². The first-order valence-corrected chi connectivity index (χ1v) is 5.92. The number of primary amides is 1. The minimum absolute atomic E-state index is 0.00806. The maximum Gasteiger partial charge on any atom is 0.326 e. The van der Waals surface area contributed by atoms with Crippen LogP contribution in [0, 0.1) is 13.8 Å². The standard InChI is InChI=1S/C9H13N3O3S/c1-5-3-4-7(10)6(2)8(5)16(14,15)12-9(11)13/h3-4H,10H2,1-2H3,(H3,11,12,13). The van der Waals surface area contributed by atoms with Gasteiger partial charge in [0.2, 0.25) is 0 Å². The van der Waals surface area contributed by atoms with Gasteiger partial charge in [-0.15, -0.1) is 0 Å². The van der Waals surface area contributed by atoms with Crippen LogP contribution >= 0.6 is 0 Å². The number of anilines is 1. The third kappa shape index (κ3) is 2.25. The van der Waals surface area contributed by atoms with E-state index in [-0.39, 0.29) is 4.90 Å². The van der Waals surface area contributed by atoms with Crippen LogP contribution in [0.5, 0.6) is 0 Å². The molecule has 88 valence electrons. The number of hydrogen-bond acceptors (Lipinski definition) is 4. The van der Waals surface area contributed by atoms with Crippen molar-refractivity contribution in [2.24, 2.45) is 5.73 Å². The molecular weight excluding hydrogens is 230 g/mol. The number of nitrogen functional groups attached to an aromatic ring is 1. The molecule has 2 amide bonds. The summed E-state index contributed by atoms with van der Waals surface area (Å²) in [5.74, 6) is 0. The predicted molar refractivity (Wildman–Crippen MR) is 60.2 cm³/mol. The molecule has 0 unspecified atom stereocenters. The Morgan fingerprint density at radius 1 is 1.31 bits per heavy atom. The first kappa shape index (κ1) is 12.3. The number of sulfonamides is 1. The van der Waals surface area contributed by atoms with Crippen molar-refractivity contribution in [3.8, 4) is 0 Å². The molecule has 1 rings (SSSR count). The zero-order valence-corrected chi connectivity index (χ0v) is 9.76. The van der Waals surface area contributed by atoms with E-state index in [1.165, 1.54) is 0 Å². The maximum atomic E-state index is 11.8. The Bertz CT molecular complexity index is 537. The Morgan fingerprint density at radius 3 is 2.38 bits per heavy atom. The molecule has 5 N–H and O–H groups in total. The molecular formula is C9H13N3O3S. The molecule has 0 atom stereocenters. The molecule has 0 spiro atoms. The average Bonchev–Trinajstić information content (AvgIpc) is 2.09. The van der Waals surface area contributed by atoms with Crippen LogP contribution in [-0.4, -0.2) is 14.4 Å². The Kier molecular flexibility index (Phi) is 3.09. The summed E-state index contributed by atoms with van der Waals surface area (Å²) in [4.78, 5) is 10.6. The Balaban J connectivity index is 3.44. The quantitative estimate of drug-likeness (QED) is 0.645. The van der Waals surface area contributed by atoms with Crippen molar-refractivity contribution in [1.29, 1.82) is 0 Å². The van der Waals surface area contributed by atoms with E-state index < -0.39 is 16.1 Å². The average molecular weight is 243 g/mol. The first-order chi connectivity index (χ1) is 7.25. The zero-order valence-electron chi connectivity index (χ0n) is 8.94. The highest BCUT2D eigenvalue weighted by atomic mass is 32.2. The van der Waals surface area contributed by atoms with Gasteiger partial charge in [0.1, 0.15) is 0 Å². The molecule has 0 saturated carbocycles. The summed E-state index contributed by atoms with van der Waals surface area (Å²) in [5.41, 5.74) is 11.6. The number of benzene rings is 1. The van der Waals surface area contributed by atoms with Gasteiger partial charge < -0.3 is 11.5 Å². The largest absolute Gasteiger partial charge is 0.398 e. The second-order valence-electron chi connectivity index (χ2n) is 3.40. The summed E-state index contributed by atoms with van der Waals surface area (Å²) >= 11 is 0. The molecule has 1 aromatic carbocycles. The minimum atomic E-state index is -3.95. The van der Waals surface area contributed by atoms with Crippen LogP contribution < -0.4 is 16.2 Å². The summed E-state index contributed by atoms with van der Waals surface area (Å²) < 4.78 is 25.2. The first-order valence-electron chi connectivity index (χ1n) is 4.43. The van der Waals surface area contributed by atoms with Crippen molar-refractivity contribution in [2.45, 2.75) is 18.7 Å². The fourth-order valence-electron chi connectivity index (χ4n) is 1.44. The number of nitrogens with one attached hydrogen (secondary N) is 1. The molecule has 0 fully saturated rings. The molecule has 1 aromatic rings. The fourth-order valence-corrected chi connectivity index (χ4v) is 2.82. The van der Waals surface area contributed by atoms with Crippen LogP contribution in [0.25, 0.3) is 0 Å². The van der Waals surface area contributed by atoms with Crippen LogP contribution in [-0.2, 0) is 10.0 Å². The summed E-state index contributed by atoms with van der Waals surface area (Å²) in [6, 6.07) is 2.05. The number of aryl methyl sites for hydroxylation is 1. The summed E-state index contributed by atoms with van der Waals surface area (Å²) in [6.07, 6.45) is 0. The molecule has 0 bridgehead atoms. The molecule has 16 heavy (non-hydrogen) atoms. The summed E-state index contributed by atoms with van der Waals surface area (Å²) in [6.45, 7) is 3.18. The topological polar surface area (TPSA) is 115 Å². The maximum absolute atomic E-state index is 11.8. The Hall–Kier alpha value is -1.76. The van der Waals surface area contributed by atoms with E-state index in [1.807, 2.05) is 0 Å². The normalized spacial score (nSPS) is 11.1. The highest BCUT2D eigenvalue weighted by molar-refractivity contribution is 7.90. The van der Waals surface area contributed by atoms with Gasteiger partial charge in [-0.25, -0.2) is 17.9 Å². The molecule has 0 radical (unpaired) electrons. The van der Waals surface area contributed by atoms with Crippen molar-refractivity contribution in [2.75, 3.05) is 5.73 Å². The van der Waals surface area contributed by atoms with Crippen LogP contribution in [0.2, 0.25) is 0 Å². The van der Waals surface area contributed by atoms with Gasteiger partial charge >= 0.3 is 6.03 Å². The molecule has 0 heterocycles. The van der Waals surface area contributed by atoms with Gasteiger partial charge in [-0.05, 0) is 31.0 Å². The summed E-state index contributed by atoms with van der Waals surface area (Å²) in [7, 11) is -3.95. The van der Waals surface area contributed by atoms with Crippen molar-refractivity contribution in [3.05, 3.63) is 23.3 Å². The Labute approximate surface area is 93.7 Å². The van der Waals surface area contributed by atoms with E-state index in [9.17, 15) is 13.2 Å². The molecule has 7 heteroatoms. The van der Waals surface area contributed by atoms with Gasteiger partial charge in [-0.2, -0.15) is 0 Å². The number of urea groups is 1. The zero-order chi connectivity index (χ0) is 12.5. The van der Waals surface area contributed by atoms with Crippen LogP contribution in [0.15, 0.2) is 17.0 Å². The number of nitrogens with two attached hydrogens (primary N) is 2. The number of hydrogen-bond donors (Lipinski definition) is 3. The lowest BCUT2D eigenvalue weighted by atomic mass is 10.1. The minimum Gasteiger partial charge on any atom is -0.398 e. The second kappa shape index (κ2) is 4.01. The van der Waals surface area contributed by atoms with Gasteiger partial charge in [0.15, 0.2) is 0 Å². The molecule has 0 aromatic heterocycles. The van der Waals surface area contributed by atoms with Gasteiger partial charge in [-0.1, -0.05) is 6.07 Å². The predicted octanol–water partition coefficient (Wildman–Crippen LogP) is 0.243. The number of carbonyl (C=O) groups is 1. The van der Waals surface area contributed by atoms with Crippen LogP contribution in [0.4, 0.5) is 10.5 Å². The third-order valence-electron chi connectivity index (χ3n) is 2.15. The van der Waals surface area contributed by atoms with E-state index in [2.05, 4.69) is 0 Å². The lowest BCUT2D eigenvalue weighted by Gasteiger charge is -2.12. The summed E-state index contributed by atoms with van der Waals surface area (Å²) in [5, 5.41) is 0. The lowest BCUT2D eigenvalue weighted by Crippen LogP contribution is -2.35. The molecule has 0 aliphatic rings. The van der Waals surface area contributed by atoms with E-state index in [0.717, 1.165) is 0 Å². The van der Waals surface area contributed by atoms with Crippen molar-refractivity contribution >= 4 is 21.7 Å². The molecule has 0 aliphatic heterocycles. The van der Waals surface area contributed by atoms with Crippen molar-refractivity contribution in [1.82, 2.24) is 4.72 Å². The third-order valence-corrected chi connectivity index (χ3v) is 3.78. The van der Waals surface area contributed by atoms with Gasteiger partial charge in [0, 0.05) is 5.69 Å². The molecule has 6 nitrogen and oxygen atoms in total. The van der Waals surface area contributed by atoms with E-state index >= 15 is 0 Å². The van der Waals surface area contributed by atoms with E-state index in [4.69, 9.17) is 11.5 Å². The van der Waals surface area contributed by atoms with Gasteiger partial charge in [0.25, 0.3) is 10.0 Å². The second-order valence-corrected chi connectivity index (χ2v) is 5.01. The van der Waals surface area contributed by atoms with E-state index in [0.29, 0.717) is 16.8 Å². The SMILES string of the molecule is Cc1ccc(N)c(C)c1S(=O)(=O)NC(N)=O. The smallest absolute Gasteiger partial charge is 0.326 e. The van der Waals surface area contributed by atoms with Gasteiger partial charge in [-0.3, -0.25) is 0 Å². The van der Waals surface area contributed by atoms with Crippen LogP contribution in [0.3, 0.4) is 0 Å². The number of carbonyl (C=O) groups excluding carboxylic acids is 1.